The van der Waals surface area contributed by atoms with Crippen LogP contribution in [0.5, 0.6) is 0 Å². The lowest BCUT2D eigenvalue weighted by molar-refractivity contribution is -0.140. The van der Waals surface area contributed by atoms with Crippen LogP contribution in [0.1, 0.15) is 31.0 Å². The number of aliphatic imine (C=N–C) groups is 1. The molecule has 0 fully saturated rings. The average Bonchev–Trinajstić information content (AvgIpc) is 2.86. The molecular formula is C12H20F3IN4S. The molecule has 122 valence electrons. The Hall–Kier alpha value is -0.580. The van der Waals surface area contributed by atoms with Crippen molar-refractivity contribution in [3.63, 3.8) is 0 Å². The highest BCUT2D eigenvalue weighted by atomic mass is 127. The third-order valence-corrected chi connectivity index (χ3v) is 3.60. The van der Waals surface area contributed by atoms with Gasteiger partial charge in [0, 0.05) is 31.4 Å². The number of aromatic nitrogens is 1. The molecule has 0 spiro atoms. The summed E-state index contributed by atoms with van der Waals surface area (Å²) >= 11 is 1.02. The Morgan fingerprint density at radius 1 is 1.48 bits per heavy atom. The number of hydrogen-bond donors (Lipinski definition) is 2. The van der Waals surface area contributed by atoms with Gasteiger partial charge in [0.1, 0.15) is 0 Å². The molecule has 1 unspecified atom stereocenters. The third-order valence-electron chi connectivity index (χ3n) is 2.69. The Balaban J connectivity index is 0.00000400. The highest BCUT2D eigenvalue weighted by Gasteiger charge is 2.33. The third kappa shape index (κ3) is 7.30. The van der Waals surface area contributed by atoms with Crippen LogP contribution in [0.3, 0.4) is 0 Å². The van der Waals surface area contributed by atoms with Crippen molar-refractivity contribution in [2.45, 2.75) is 38.9 Å². The number of thiazole rings is 1. The van der Waals surface area contributed by atoms with E-state index >= 15 is 0 Å². The molecule has 0 amide bonds. The SMILES string of the molecule is CCC(C)NC(=NC)NCCc1nc(C(F)(F)F)cs1.I. The van der Waals surface area contributed by atoms with Crippen molar-refractivity contribution in [1.82, 2.24) is 15.6 Å². The highest BCUT2D eigenvalue weighted by Crippen LogP contribution is 2.29. The quantitative estimate of drug-likeness (QED) is 0.423. The molecule has 0 saturated heterocycles. The van der Waals surface area contributed by atoms with E-state index in [1.54, 1.807) is 7.05 Å². The fourth-order valence-corrected chi connectivity index (χ4v) is 2.18. The fourth-order valence-electron chi connectivity index (χ4n) is 1.37. The standard InChI is InChI=1S/C12H19F3N4S.HI/c1-4-8(2)18-11(16-3)17-6-5-10-19-9(7-20-10)12(13,14)15;/h7-8H,4-6H2,1-3H3,(H2,16,17,18);1H. The number of halogens is 4. The van der Waals surface area contributed by atoms with Gasteiger partial charge in [-0.25, -0.2) is 4.98 Å². The molecule has 4 nitrogen and oxygen atoms in total. The first kappa shape index (κ1) is 20.4. The summed E-state index contributed by atoms with van der Waals surface area (Å²) < 4.78 is 37.2. The zero-order valence-electron chi connectivity index (χ0n) is 12.1. The number of rotatable bonds is 5. The number of guanidine groups is 1. The number of hydrogen-bond acceptors (Lipinski definition) is 3. The Morgan fingerprint density at radius 3 is 2.62 bits per heavy atom. The first-order valence-electron chi connectivity index (χ1n) is 6.35. The van der Waals surface area contributed by atoms with Crippen LogP contribution < -0.4 is 10.6 Å². The number of alkyl halides is 3. The van der Waals surface area contributed by atoms with Crippen LogP contribution in [0.2, 0.25) is 0 Å². The van der Waals surface area contributed by atoms with E-state index in [1.807, 2.05) is 6.92 Å². The monoisotopic (exact) mass is 436 g/mol. The smallest absolute Gasteiger partial charge is 0.356 e. The molecule has 1 aromatic rings. The van der Waals surface area contributed by atoms with Crippen LogP contribution in [-0.2, 0) is 12.6 Å². The molecule has 1 rings (SSSR count). The summed E-state index contributed by atoms with van der Waals surface area (Å²) in [6.45, 7) is 4.57. The van der Waals surface area contributed by atoms with Crippen LogP contribution in [-0.4, -0.2) is 30.6 Å². The van der Waals surface area contributed by atoms with Gasteiger partial charge in [0.25, 0.3) is 0 Å². The first-order chi connectivity index (χ1) is 9.36. The minimum absolute atomic E-state index is 0. The van der Waals surface area contributed by atoms with Gasteiger partial charge in [-0.15, -0.1) is 35.3 Å². The molecule has 0 bridgehead atoms. The molecule has 0 aliphatic carbocycles. The van der Waals surface area contributed by atoms with Gasteiger partial charge in [-0.1, -0.05) is 6.92 Å². The minimum atomic E-state index is -4.36. The van der Waals surface area contributed by atoms with E-state index in [-0.39, 0.29) is 30.0 Å². The van der Waals surface area contributed by atoms with Crippen LogP contribution in [0, 0.1) is 0 Å². The van der Waals surface area contributed by atoms with Gasteiger partial charge in [-0.2, -0.15) is 13.2 Å². The molecular weight excluding hydrogens is 416 g/mol. The molecule has 1 aromatic heterocycles. The zero-order chi connectivity index (χ0) is 15.2. The van der Waals surface area contributed by atoms with Crippen molar-refractivity contribution in [3.05, 3.63) is 16.1 Å². The van der Waals surface area contributed by atoms with E-state index < -0.39 is 11.9 Å². The molecule has 21 heavy (non-hydrogen) atoms. The van der Waals surface area contributed by atoms with Gasteiger partial charge in [-0.05, 0) is 13.3 Å². The highest BCUT2D eigenvalue weighted by molar-refractivity contribution is 14.0. The summed E-state index contributed by atoms with van der Waals surface area (Å²) in [4.78, 5) is 7.62. The van der Waals surface area contributed by atoms with Crippen molar-refractivity contribution in [2.75, 3.05) is 13.6 Å². The van der Waals surface area contributed by atoms with E-state index in [0.717, 1.165) is 23.1 Å². The lowest BCUT2D eigenvalue weighted by Gasteiger charge is -2.15. The van der Waals surface area contributed by atoms with Crippen LogP contribution >= 0.6 is 35.3 Å². The predicted molar refractivity (Wildman–Crippen MR) is 90.5 cm³/mol. The zero-order valence-corrected chi connectivity index (χ0v) is 15.3. The summed E-state index contributed by atoms with van der Waals surface area (Å²) in [5.74, 6) is 0.645. The minimum Gasteiger partial charge on any atom is -0.356 e. The van der Waals surface area contributed by atoms with E-state index in [1.165, 1.54) is 0 Å². The van der Waals surface area contributed by atoms with Crippen molar-refractivity contribution in [3.8, 4) is 0 Å². The number of nitrogens with one attached hydrogen (secondary N) is 2. The predicted octanol–water partition coefficient (Wildman–Crippen LogP) is 3.29. The van der Waals surface area contributed by atoms with Crippen molar-refractivity contribution in [1.29, 1.82) is 0 Å². The molecule has 0 aliphatic rings. The van der Waals surface area contributed by atoms with E-state index in [9.17, 15) is 13.2 Å². The lowest BCUT2D eigenvalue weighted by atomic mass is 10.3. The molecule has 0 aromatic carbocycles. The van der Waals surface area contributed by atoms with Gasteiger partial charge in [0.05, 0.1) is 5.01 Å². The molecule has 2 N–H and O–H groups in total. The first-order valence-corrected chi connectivity index (χ1v) is 7.23. The normalized spacial score (nSPS) is 13.5. The Morgan fingerprint density at radius 2 is 2.14 bits per heavy atom. The second-order valence-electron chi connectivity index (χ2n) is 4.33. The summed E-state index contributed by atoms with van der Waals surface area (Å²) in [5.41, 5.74) is -0.820. The molecule has 0 saturated carbocycles. The van der Waals surface area contributed by atoms with Crippen molar-refractivity contribution >= 4 is 41.3 Å². The van der Waals surface area contributed by atoms with E-state index in [2.05, 4.69) is 27.5 Å². The van der Waals surface area contributed by atoms with Gasteiger partial charge in [0.15, 0.2) is 11.7 Å². The lowest BCUT2D eigenvalue weighted by Crippen LogP contribution is -2.42. The molecule has 9 heteroatoms. The van der Waals surface area contributed by atoms with Gasteiger partial charge in [-0.3, -0.25) is 4.99 Å². The summed E-state index contributed by atoms with van der Waals surface area (Å²) in [5, 5.41) is 7.73. The van der Waals surface area contributed by atoms with Crippen molar-refractivity contribution < 1.29 is 13.2 Å². The Kier molecular flexibility index (Phi) is 9.18. The van der Waals surface area contributed by atoms with Gasteiger partial charge in [0.2, 0.25) is 0 Å². The average molecular weight is 436 g/mol. The maximum absolute atomic E-state index is 12.4. The van der Waals surface area contributed by atoms with Crippen LogP contribution in [0.25, 0.3) is 0 Å². The molecule has 1 atom stereocenters. The Bertz CT molecular complexity index is 448. The summed E-state index contributed by atoms with van der Waals surface area (Å²) in [6.07, 6.45) is -2.97. The summed E-state index contributed by atoms with van der Waals surface area (Å²) in [7, 11) is 1.66. The Labute approximate surface area is 143 Å². The molecule has 1 heterocycles. The maximum atomic E-state index is 12.4. The second kappa shape index (κ2) is 9.44. The van der Waals surface area contributed by atoms with Crippen LogP contribution in [0.4, 0.5) is 13.2 Å². The largest absolute Gasteiger partial charge is 0.434 e. The van der Waals surface area contributed by atoms with E-state index in [0.29, 0.717) is 23.9 Å². The van der Waals surface area contributed by atoms with Crippen LogP contribution in [0.15, 0.2) is 10.4 Å². The van der Waals surface area contributed by atoms with Gasteiger partial charge < -0.3 is 10.6 Å². The maximum Gasteiger partial charge on any atom is 0.434 e. The second-order valence-corrected chi connectivity index (χ2v) is 5.27. The topological polar surface area (TPSA) is 49.3 Å². The van der Waals surface area contributed by atoms with Crippen molar-refractivity contribution in [2.24, 2.45) is 4.99 Å². The number of nitrogens with zero attached hydrogens (tertiary/aromatic N) is 2. The van der Waals surface area contributed by atoms with Gasteiger partial charge >= 0.3 is 6.18 Å². The van der Waals surface area contributed by atoms with E-state index in [4.69, 9.17) is 0 Å². The summed E-state index contributed by atoms with van der Waals surface area (Å²) in [6, 6.07) is 0.290. The fraction of sp³-hybridized carbons (Fsp3) is 0.667. The molecule has 0 radical (unpaired) electrons. The molecule has 0 aliphatic heterocycles.